The summed E-state index contributed by atoms with van der Waals surface area (Å²) in [5.41, 5.74) is 1.93. The van der Waals surface area contributed by atoms with Crippen molar-refractivity contribution in [3.05, 3.63) is 35.4 Å². The van der Waals surface area contributed by atoms with Gasteiger partial charge in [0, 0.05) is 6.61 Å². The van der Waals surface area contributed by atoms with Gasteiger partial charge in [-0.25, -0.2) is 0 Å². The fourth-order valence-corrected chi connectivity index (χ4v) is 3.35. The van der Waals surface area contributed by atoms with Gasteiger partial charge in [-0.1, -0.05) is 56.9 Å². The first-order chi connectivity index (χ1) is 9.72. The van der Waals surface area contributed by atoms with Crippen LogP contribution in [0.2, 0.25) is 0 Å². The van der Waals surface area contributed by atoms with Gasteiger partial charge in [-0.2, -0.15) is 0 Å². The fraction of sp³-hybridized carbons (Fsp3) is 0.667. The minimum absolute atomic E-state index is 0.376. The lowest BCUT2D eigenvalue weighted by molar-refractivity contribution is -0.131. The van der Waals surface area contributed by atoms with Crippen molar-refractivity contribution in [2.45, 2.75) is 70.5 Å². The highest BCUT2D eigenvalue weighted by Crippen LogP contribution is 2.40. The monoisotopic (exact) mass is 276 g/mol. The molecule has 2 nitrogen and oxygen atoms in total. The van der Waals surface area contributed by atoms with Gasteiger partial charge in [-0.15, -0.1) is 0 Å². The molecule has 2 rings (SSSR count). The van der Waals surface area contributed by atoms with Crippen molar-refractivity contribution in [2.24, 2.45) is 0 Å². The van der Waals surface area contributed by atoms with E-state index in [4.69, 9.17) is 4.74 Å². The molecule has 1 unspecified atom stereocenters. The second-order valence-corrected chi connectivity index (χ2v) is 5.91. The highest BCUT2D eigenvalue weighted by molar-refractivity contribution is 5.26. The average molecular weight is 276 g/mol. The summed E-state index contributed by atoms with van der Waals surface area (Å²) >= 11 is 0. The Balaban J connectivity index is 2.21. The molecule has 1 aromatic carbocycles. The van der Waals surface area contributed by atoms with Gasteiger partial charge >= 0.3 is 0 Å². The largest absolute Gasteiger partial charge is 0.385 e. The smallest absolute Gasteiger partial charge is 0.108 e. The van der Waals surface area contributed by atoms with Crippen LogP contribution in [0.15, 0.2) is 24.3 Å². The highest BCUT2D eigenvalue weighted by Gasteiger charge is 2.39. The van der Waals surface area contributed by atoms with Crippen molar-refractivity contribution < 1.29 is 9.84 Å². The number of aliphatic hydroxyl groups excluding tert-OH is 1. The molecule has 1 N–H and O–H groups in total. The van der Waals surface area contributed by atoms with Gasteiger partial charge in [-0.05, 0) is 37.3 Å². The molecule has 1 aliphatic rings. The molecule has 1 aromatic rings. The lowest BCUT2D eigenvalue weighted by Gasteiger charge is -2.37. The molecular weight excluding hydrogens is 248 g/mol. The number of benzene rings is 1. The summed E-state index contributed by atoms with van der Waals surface area (Å²) in [6.07, 6.45) is 7.30. The van der Waals surface area contributed by atoms with Gasteiger partial charge in [0.1, 0.15) is 6.10 Å². The predicted octanol–water partition coefficient (Wildman–Crippen LogP) is 4.41. The maximum absolute atomic E-state index is 10.9. The van der Waals surface area contributed by atoms with Gasteiger partial charge in [-0.3, -0.25) is 0 Å². The maximum Gasteiger partial charge on any atom is 0.108 e. The van der Waals surface area contributed by atoms with E-state index in [1.807, 2.05) is 6.92 Å². The zero-order valence-corrected chi connectivity index (χ0v) is 12.9. The van der Waals surface area contributed by atoms with Crippen molar-refractivity contribution in [2.75, 3.05) is 6.61 Å². The maximum atomic E-state index is 10.9. The number of aryl methyl sites for hydroxylation is 1. The van der Waals surface area contributed by atoms with E-state index in [2.05, 4.69) is 31.2 Å². The number of rotatable bonds is 5. The Morgan fingerprint density at radius 3 is 2.15 bits per heavy atom. The van der Waals surface area contributed by atoms with Crippen molar-refractivity contribution >= 4 is 0 Å². The first-order valence-electron chi connectivity index (χ1n) is 8.12. The Morgan fingerprint density at radius 1 is 1.05 bits per heavy atom. The van der Waals surface area contributed by atoms with Crippen LogP contribution < -0.4 is 0 Å². The fourth-order valence-electron chi connectivity index (χ4n) is 3.35. The zero-order valence-electron chi connectivity index (χ0n) is 12.9. The SMILES string of the molecule is CCOC1(C(O)c2ccc(CC)cc2)CCCCCC1. The van der Waals surface area contributed by atoms with E-state index in [-0.39, 0.29) is 5.60 Å². The molecule has 20 heavy (non-hydrogen) atoms. The molecule has 0 bridgehead atoms. The van der Waals surface area contributed by atoms with E-state index in [0.29, 0.717) is 6.61 Å². The lowest BCUT2D eigenvalue weighted by atomic mass is 9.84. The minimum Gasteiger partial charge on any atom is -0.385 e. The molecule has 0 heterocycles. The summed E-state index contributed by atoms with van der Waals surface area (Å²) < 4.78 is 6.07. The first-order valence-corrected chi connectivity index (χ1v) is 8.12. The number of hydrogen-bond donors (Lipinski definition) is 1. The van der Waals surface area contributed by atoms with E-state index in [1.54, 1.807) is 0 Å². The topological polar surface area (TPSA) is 29.5 Å². The van der Waals surface area contributed by atoms with E-state index in [9.17, 15) is 5.11 Å². The van der Waals surface area contributed by atoms with Gasteiger partial charge < -0.3 is 9.84 Å². The molecular formula is C18H28O2. The van der Waals surface area contributed by atoms with Gasteiger partial charge in [0.2, 0.25) is 0 Å². The van der Waals surface area contributed by atoms with E-state index in [1.165, 1.54) is 18.4 Å². The van der Waals surface area contributed by atoms with Gasteiger partial charge in [0.15, 0.2) is 0 Å². The first kappa shape index (κ1) is 15.5. The molecule has 1 atom stereocenters. The Morgan fingerprint density at radius 2 is 1.65 bits per heavy atom. The summed E-state index contributed by atoms with van der Waals surface area (Å²) in [6, 6.07) is 8.37. The summed E-state index contributed by atoms with van der Waals surface area (Å²) in [5.74, 6) is 0. The van der Waals surface area contributed by atoms with Crippen molar-refractivity contribution in [3.8, 4) is 0 Å². The highest BCUT2D eigenvalue weighted by atomic mass is 16.5. The number of hydrogen-bond acceptors (Lipinski definition) is 2. The molecule has 2 heteroatoms. The molecule has 0 saturated heterocycles. The van der Waals surface area contributed by atoms with E-state index < -0.39 is 6.10 Å². The third kappa shape index (κ3) is 3.42. The van der Waals surface area contributed by atoms with Crippen LogP contribution in [0.4, 0.5) is 0 Å². The molecule has 0 aromatic heterocycles. The summed E-state index contributed by atoms with van der Waals surface area (Å²) in [4.78, 5) is 0. The van der Waals surface area contributed by atoms with Crippen LogP contribution in [0.3, 0.4) is 0 Å². The molecule has 0 spiro atoms. The summed E-state index contributed by atoms with van der Waals surface area (Å²) in [5, 5.41) is 10.9. The molecule has 1 fully saturated rings. The molecule has 0 radical (unpaired) electrons. The van der Waals surface area contributed by atoms with Crippen molar-refractivity contribution in [3.63, 3.8) is 0 Å². The second-order valence-electron chi connectivity index (χ2n) is 5.91. The zero-order chi connectivity index (χ0) is 14.4. The van der Waals surface area contributed by atoms with Crippen LogP contribution in [0.1, 0.15) is 69.6 Å². The molecule has 1 saturated carbocycles. The molecule has 0 amide bonds. The summed E-state index contributed by atoms with van der Waals surface area (Å²) in [7, 11) is 0. The van der Waals surface area contributed by atoms with Crippen molar-refractivity contribution in [1.29, 1.82) is 0 Å². The van der Waals surface area contributed by atoms with Crippen LogP contribution in [-0.4, -0.2) is 17.3 Å². The standard InChI is InChI=1S/C18H28O2/c1-3-15-9-11-16(12-10-15)17(19)18(20-4-2)13-7-5-6-8-14-18/h9-12,17,19H,3-8,13-14H2,1-2H3. The normalized spacial score (nSPS) is 20.4. The van der Waals surface area contributed by atoms with Crippen LogP contribution in [0, 0.1) is 0 Å². The Bertz CT molecular complexity index is 388. The Kier molecular flexibility index (Phi) is 5.62. The minimum atomic E-state index is -0.508. The molecule has 1 aliphatic carbocycles. The summed E-state index contributed by atoms with van der Waals surface area (Å²) in [6.45, 7) is 4.85. The quantitative estimate of drug-likeness (QED) is 0.807. The number of aliphatic hydroxyl groups is 1. The van der Waals surface area contributed by atoms with Crippen LogP contribution >= 0.6 is 0 Å². The van der Waals surface area contributed by atoms with Crippen molar-refractivity contribution in [1.82, 2.24) is 0 Å². The second kappa shape index (κ2) is 7.24. The molecule has 112 valence electrons. The van der Waals surface area contributed by atoms with E-state index in [0.717, 1.165) is 37.7 Å². The van der Waals surface area contributed by atoms with Crippen LogP contribution in [0.5, 0.6) is 0 Å². The number of ether oxygens (including phenoxy) is 1. The van der Waals surface area contributed by atoms with E-state index >= 15 is 0 Å². The van der Waals surface area contributed by atoms with Gasteiger partial charge in [0.05, 0.1) is 5.60 Å². The third-order valence-electron chi connectivity index (χ3n) is 4.58. The lowest BCUT2D eigenvalue weighted by Crippen LogP contribution is -2.39. The Hall–Kier alpha value is -0.860. The third-order valence-corrected chi connectivity index (χ3v) is 4.58. The van der Waals surface area contributed by atoms with Crippen LogP contribution in [-0.2, 0) is 11.2 Å². The average Bonchev–Trinajstić information content (AvgIpc) is 2.73. The molecule has 0 aliphatic heterocycles. The predicted molar refractivity (Wildman–Crippen MR) is 82.8 cm³/mol. The Labute approximate surface area is 123 Å². The van der Waals surface area contributed by atoms with Gasteiger partial charge in [0.25, 0.3) is 0 Å². The van der Waals surface area contributed by atoms with Crippen LogP contribution in [0.25, 0.3) is 0 Å².